The molecule has 0 saturated heterocycles. The quantitative estimate of drug-likeness (QED) is 0.774. The van der Waals surface area contributed by atoms with Gasteiger partial charge < -0.3 is 10.6 Å². The van der Waals surface area contributed by atoms with Gasteiger partial charge in [0, 0.05) is 12.6 Å². The third-order valence-corrected chi connectivity index (χ3v) is 3.28. The van der Waals surface area contributed by atoms with E-state index in [0.29, 0.717) is 12.0 Å². The number of rotatable bonds is 6. The highest BCUT2D eigenvalue weighted by Crippen LogP contribution is 2.29. The van der Waals surface area contributed by atoms with Gasteiger partial charge in [-0.15, -0.1) is 0 Å². The maximum atomic E-state index is 13.6. The van der Waals surface area contributed by atoms with Gasteiger partial charge in [0.1, 0.15) is 5.82 Å². The number of para-hydroxylation sites is 1. The number of hydrogen-bond acceptors (Lipinski definition) is 2. The van der Waals surface area contributed by atoms with Gasteiger partial charge in [-0.1, -0.05) is 33.8 Å². The zero-order valence-corrected chi connectivity index (χ0v) is 11.9. The third-order valence-electron chi connectivity index (χ3n) is 3.28. The van der Waals surface area contributed by atoms with E-state index in [4.69, 9.17) is 5.73 Å². The van der Waals surface area contributed by atoms with Gasteiger partial charge in [0.25, 0.3) is 0 Å². The van der Waals surface area contributed by atoms with Gasteiger partial charge in [-0.2, -0.15) is 0 Å². The first-order chi connectivity index (χ1) is 8.51. The van der Waals surface area contributed by atoms with Crippen molar-refractivity contribution >= 4 is 11.4 Å². The molecule has 0 spiro atoms. The van der Waals surface area contributed by atoms with Gasteiger partial charge in [-0.05, 0) is 30.9 Å². The first-order valence-electron chi connectivity index (χ1n) is 6.81. The lowest BCUT2D eigenvalue weighted by Crippen LogP contribution is -2.38. The number of halogens is 1. The summed E-state index contributed by atoms with van der Waals surface area (Å²) in [7, 11) is 0. The fraction of sp³-hybridized carbons (Fsp3) is 0.600. The largest absolute Gasteiger partial charge is 0.395 e. The molecule has 0 amide bonds. The van der Waals surface area contributed by atoms with Crippen molar-refractivity contribution in [1.29, 1.82) is 0 Å². The highest BCUT2D eigenvalue weighted by molar-refractivity contribution is 5.68. The minimum absolute atomic E-state index is 0.269. The van der Waals surface area contributed by atoms with Crippen LogP contribution in [-0.4, -0.2) is 12.6 Å². The van der Waals surface area contributed by atoms with Crippen molar-refractivity contribution in [3.8, 4) is 0 Å². The number of hydrogen-bond donors (Lipinski definition) is 1. The van der Waals surface area contributed by atoms with E-state index in [1.807, 2.05) is 6.07 Å². The monoisotopic (exact) mass is 252 g/mol. The van der Waals surface area contributed by atoms with Crippen molar-refractivity contribution in [3.63, 3.8) is 0 Å². The molecular weight excluding hydrogens is 227 g/mol. The summed E-state index contributed by atoms with van der Waals surface area (Å²) in [6.07, 6.45) is 2.08. The molecule has 0 radical (unpaired) electrons. The van der Waals surface area contributed by atoms with E-state index >= 15 is 0 Å². The first-order valence-corrected chi connectivity index (χ1v) is 6.81. The Morgan fingerprint density at radius 3 is 2.33 bits per heavy atom. The predicted octanol–water partition coefficient (Wildman–Crippen LogP) is 4.06. The second-order valence-corrected chi connectivity index (χ2v) is 5.19. The standard InChI is InChI=1S/C15H25FN2/c1-5-12(6-2)18(10-11(3)4)14-9-7-8-13(16)15(14)17/h7-9,11-12H,5-6,10,17H2,1-4H3. The molecule has 0 aliphatic carbocycles. The fourth-order valence-electron chi connectivity index (χ4n) is 2.34. The van der Waals surface area contributed by atoms with E-state index in [0.717, 1.165) is 25.1 Å². The summed E-state index contributed by atoms with van der Waals surface area (Å²) in [4.78, 5) is 2.25. The maximum absolute atomic E-state index is 13.6. The molecule has 0 fully saturated rings. The molecule has 0 aromatic heterocycles. The summed E-state index contributed by atoms with van der Waals surface area (Å²) >= 11 is 0. The molecular formula is C15H25FN2. The second-order valence-electron chi connectivity index (χ2n) is 5.19. The summed E-state index contributed by atoms with van der Waals surface area (Å²) < 4.78 is 13.6. The Bertz CT molecular complexity index is 373. The molecule has 18 heavy (non-hydrogen) atoms. The Hall–Kier alpha value is -1.25. The molecule has 0 bridgehead atoms. The summed E-state index contributed by atoms with van der Waals surface area (Å²) in [5.41, 5.74) is 6.99. The summed E-state index contributed by atoms with van der Waals surface area (Å²) in [5.74, 6) is 0.195. The zero-order valence-electron chi connectivity index (χ0n) is 11.9. The van der Waals surface area contributed by atoms with Crippen molar-refractivity contribution in [2.45, 2.75) is 46.6 Å². The average molecular weight is 252 g/mol. The van der Waals surface area contributed by atoms with Crippen LogP contribution in [0.25, 0.3) is 0 Å². The molecule has 0 aliphatic rings. The molecule has 0 atom stereocenters. The Labute approximate surface area is 110 Å². The lowest BCUT2D eigenvalue weighted by molar-refractivity contribution is 0.507. The molecule has 1 rings (SSSR count). The topological polar surface area (TPSA) is 29.3 Å². The summed E-state index contributed by atoms with van der Waals surface area (Å²) in [6.45, 7) is 9.57. The molecule has 0 saturated carbocycles. The Balaban J connectivity index is 3.12. The predicted molar refractivity (Wildman–Crippen MR) is 77.4 cm³/mol. The molecule has 1 aromatic carbocycles. The van der Waals surface area contributed by atoms with Gasteiger partial charge in [0.2, 0.25) is 0 Å². The van der Waals surface area contributed by atoms with Crippen molar-refractivity contribution in [3.05, 3.63) is 24.0 Å². The molecule has 0 aliphatic heterocycles. The minimum atomic E-state index is -0.327. The van der Waals surface area contributed by atoms with Crippen LogP contribution in [-0.2, 0) is 0 Å². The Kier molecular flexibility index (Phi) is 5.45. The van der Waals surface area contributed by atoms with E-state index in [1.54, 1.807) is 6.07 Å². The number of nitrogens with two attached hydrogens (primary N) is 1. The van der Waals surface area contributed by atoms with Gasteiger partial charge in [-0.3, -0.25) is 0 Å². The van der Waals surface area contributed by atoms with Crippen molar-refractivity contribution in [2.24, 2.45) is 5.92 Å². The molecule has 0 heterocycles. The molecule has 0 unspecified atom stereocenters. The third kappa shape index (κ3) is 3.37. The molecule has 2 nitrogen and oxygen atoms in total. The van der Waals surface area contributed by atoms with E-state index < -0.39 is 0 Å². The van der Waals surface area contributed by atoms with Crippen molar-refractivity contribution in [1.82, 2.24) is 0 Å². The van der Waals surface area contributed by atoms with Crippen LogP contribution < -0.4 is 10.6 Å². The van der Waals surface area contributed by atoms with Crippen LogP contribution >= 0.6 is 0 Å². The van der Waals surface area contributed by atoms with Gasteiger partial charge in [-0.25, -0.2) is 4.39 Å². The minimum Gasteiger partial charge on any atom is -0.395 e. The lowest BCUT2D eigenvalue weighted by Gasteiger charge is -2.35. The Morgan fingerprint density at radius 2 is 1.83 bits per heavy atom. The molecule has 102 valence electrons. The Morgan fingerprint density at radius 1 is 1.22 bits per heavy atom. The van der Waals surface area contributed by atoms with E-state index in [-0.39, 0.29) is 11.5 Å². The van der Waals surface area contributed by atoms with Crippen LogP contribution in [0.2, 0.25) is 0 Å². The van der Waals surface area contributed by atoms with Crippen molar-refractivity contribution < 1.29 is 4.39 Å². The van der Waals surface area contributed by atoms with Crippen LogP contribution in [0, 0.1) is 11.7 Å². The van der Waals surface area contributed by atoms with Crippen LogP contribution in [0.1, 0.15) is 40.5 Å². The van der Waals surface area contributed by atoms with Crippen LogP contribution in [0.15, 0.2) is 18.2 Å². The van der Waals surface area contributed by atoms with Gasteiger partial charge in [0.15, 0.2) is 0 Å². The van der Waals surface area contributed by atoms with E-state index in [2.05, 4.69) is 32.6 Å². The molecule has 1 aromatic rings. The smallest absolute Gasteiger partial charge is 0.148 e. The summed E-state index contributed by atoms with van der Waals surface area (Å²) in [5, 5.41) is 0. The fourth-order valence-corrected chi connectivity index (χ4v) is 2.34. The number of nitrogen functional groups attached to an aromatic ring is 1. The number of nitrogens with zero attached hydrogens (tertiary/aromatic N) is 1. The van der Waals surface area contributed by atoms with Crippen LogP contribution in [0.3, 0.4) is 0 Å². The van der Waals surface area contributed by atoms with Gasteiger partial charge >= 0.3 is 0 Å². The normalized spacial score (nSPS) is 11.3. The highest BCUT2D eigenvalue weighted by atomic mass is 19.1. The number of anilines is 2. The summed E-state index contributed by atoms with van der Waals surface area (Å²) in [6, 6.07) is 5.48. The lowest BCUT2D eigenvalue weighted by atomic mass is 10.1. The SMILES string of the molecule is CCC(CC)N(CC(C)C)c1cccc(F)c1N. The highest BCUT2D eigenvalue weighted by Gasteiger charge is 2.20. The first kappa shape index (κ1) is 14.8. The van der Waals surface area contributed by atoms with E-state index in [9.17, 15) is 4.39 Å². The van der Waals surface area contributed by atoms with Crippen LogP contribution in [0.4, 0.5) is 15.8 Å². The number of benzene rings is 1. The zero-order chi connectivity index (χ0) is 13.7. The average Bonchev–Trinajstić information content (AvgIpc) is 2.32. The molecule has 3 heteroatoms. The second kappa shape index (κ2) is 6.62. The van der Waals surface area contributed by atoms with Gasteiger partial charge in [0.05, 0.1) is 11.4 Å². The van der Waals surface area contributed by atoms with Crippen LogP contribution in [0.5, 0.6) is 0 Å². The van der Waals surface area contributed by atoms with Crippen molar-refractivity contribution in [2.75, 3.05) is 17.2 Å². The maximum Gasteiger partial charge on any atom is 0.148 e. The van der Waals surface area contributed by atoms with E-state index in [1.165, 1.54) is 6.07 Å². The molecule has 2 N–H and O–H groups in total.